The lowest BCUT2D eigenvalue weighted by atomic mass is 9.86. The van der Waals surface area contributed by atoms with Crippen LogP contribution in [0.25, 0.3) is 78.4 Å². The molecule has 480 valence electrons. The summed E-state index contributed by atoms with van der Waals surface area (Å²) in [5.74, 6) is 0.995. The Kier molecular flexibility index (Phi) is 19.2. The molecule has 95 heavy (non-hydrogen) atoms. The lowest BCUT2D eigenvalue weighted by Gasteiger charge is -2.19. The molecule has 0 unspecified atom stereocenters. The Morgan fingerprint density at radius 1 is 0.463 bits per heavy atom. The first-order chi connectivity index (χ1) is 46.1. The fraction of sp³-hybridized carbons (Fsp3) is 0.207. The number of rotatable bonds is 19. The van der Waals surface area contributed by atoms with Gasteiger partial charge >= 0.3 is 17.9 Å². The summed E-state index contributed by atoms with van der Waals surface area (Å²) in [7, 11) is 3.24. The van der Waals surface area contributed by atoms with Gasteiger partial charge in [0, 0.05) is 63.2 Å². The van der Waals surface area contributed by atoms with Crippen LogP contribution in [0.1, 0.15) is 113 Å². The Hall–Kier alpha value is -11.1. The highest BCUT2D eigenvalue weighted by Gasteiger charge is 2.28. The van der Waals surface area contributed by atoms with Crippen molar-refractivity contribution >= 4 is 62.9 Å². The minimum atomic E-state index is -0.972. The molecular weight excluding hydrogens is 1190 g/mol. The lowest BCUT2D eigenvalue weighted by Crippen LogP contribution is -2.12. The summed E-state index contributed by atoms with van der Waals surface area (Å²) in [4.78, 5) is 37.4. The van der Waals surface area contributed by atoms with Crippen LogP contribution >= 0.6 is 0 Å². The molecule has 0 radical (unpaired) electrons. The maximum absolute atomic E-state index is 12.7. The van der Waals surface area contributed by atoms with Crippen molar-refractivity contribution < 1.29 is 48.7 Å². The molecule has 2 saturated carbocycles. The van der Waals surface area contributed by atoms with E-state index in [1.54, 1.807) is 18.8 Å². The van der Waals surface area contributed by atoms with Gasteiger partial charge in [-0.2, -0.15) is 0 Å². The van der Waals surface area contributed by atoms with E-state index < -0.39 is 17.9 Å². The number of fused-ring (bicyclic) bond motifs is 3. The van der Waals surface area contributed by atoms with Gasteiger partial charge in [-0.1, -0.05) is 178 Å². The second-order valence-electron chi connectivity index (χ2n) is 25.3. The van der Waals surface area contributed by atoms with E-state index in [4.69, 9.17) is 18.9 Å². The van der Waals surface area contributed by atoms with Crippen LogP contribution in [0.2, 0.25) is 0 Å². The monoisotopic (exact) mass is 1260 g/mol. The van der Waals surface area contributed by atoms with Gasteiger partial charge in [-0.25, -0.2) is 14.4 Å². The summed E-state index contributed by atoms with van der Waals surface area (Å²) in [5.41, 5.74) is 12.6. The van der Waals surface area contributed by atoms with E-state index in [2.05, 4.69) is 51.1 Å². The van der Waals surface area contributed by atoms with Crippen LogP contribution in [0.5, 0.6) is 23.0 Å². The molecule has 9 aromatic carbocycles. The van der Waals surface area contributed by atoms with Gasteiger partial charge in [-0.3, -0.25) is 0 Å². The van der Waals surface area contributed by atoms with Crippen LogP contribution in [-0.2, 0) is 18.5 Å². The molecule has 3 heterocycles. The summed E-state index contributed by atoms with van der Waals surface area (Å²) in [5, 5.41) is 33.4. The Morgan fingerprint density at radius 2 is 0.905 bits per heavy atom. The van der Waals surface area contributed by atoms with Gasteiger partial charge < -0.3 is 48.0 Å². The van der Waals surface area contributed by atoms with Crippen molar-refractivity contribution in [1.29, 1.82) is 0 Å². The largest absolute Gasteiger partial charge is 0.497 e. The van der Waals surface area contributed by atoms with Crippen molar-refractivity contribution in [2.75, 3.05) is 20.8 Å². The molecule has 3 aromatic heterocycles. The summed E-state index contributed by atoms with van der Waals surface area (Å²) < 4.78 is 28.2. The second kappa shape index (κ2) is 28.4. The lowest BCUT2D eigenvalue weighted by molar-refractivity contribution is 0.0676. The van der Waals surface area contributed by atoms with Crippen LogP contribution in [0.15, 0.2) is 224 Å². The smallest absolute Gasteiger partial charge is 0.353 e. The quantitative estimate of drug-likeness (QED) is 0.0710. The first kappa shape index (κ1) is 64.1. The summed E-state index contributed by atoms with van der Waals surface area (Å²) in [6.07, 6.45) is 11.2. The summed E-state index contributed by atoms with van der Waals surface area (Å²) >= 11 is 0. The minimum Gasteiger partial charge on any atom is -0.497 e. The molecule has 0 spiro atoms. The van der Waals surface area contributed by atoms with Crippen LogP contribution in [-0.4, -0.2) is 73.9 Å². The van der Waals surface area contributed by atoms with Crippen LogP contribution in [0.3, 0.4) is 0 Å². The van der Waals surface area contributed by atoms with Gasteiger partial charge in [0.1, 0.15) is 40.1 Å². The third-order valence-electron chi connectivity index (χ3n) is 17.7. The number of carboxylic acid groups (broad SMARTS) is 3. The van der Waals surface area contributed by atoms with E-state index in [0.29, 0.717) is 30.3 Å². The molecule has 0 atom stereocenters. The van der Waals surface area contributed by atoms with E-state index >= 15 is 0 Å². The average Bonchev–Trinajstić information content (AvgIpc) is 1.62. The number of carboxylic acids is 3. The number of methoxy groups -OCH3 is 2. The highest BCUT2D eigenvalue weighted by atomic mass is 16.5. The SMILES string of the molecule is CC(C)(C)c1ccc(-c2c(C(=O)O)n(Cc3cccc(OC4CCCC4)c3)c3ccccc23)cc1.COc1ccc(-c2c(C(=O)O)n(/C=C/c3ccccc3)c3ccccc23)cc1.COc1cccc(Cn2c(C(=O)O)c(-c3ccc(OCC4CC4)cc3)c3ccccc32)c1. The first-order valence-corrected chi connectivity index (χ1v) is 32.3. The number of aromatic carboxylic acids is 3. The summed E-state index contributed by atoms with van der Waals surface area (Å²) in [6, 6.07) is 72.7. The Labute approximate surface area is 553 Å². The van der Waals surface area contributed by atoms with Crippen molar-refractivity contribution in [3.05, 3.63) is 264 Å². The molecule has 3 N–H and O–H groups in total. The topological polar surface area (TPSA) is 164 Å². The normalized spacial score (nSPS) is 13.1. The van der Waals surface area contributed by atoms with Gasteiger partial charge in [0.15, 0.2) is 0 Å². The summed E-state index contributed by atoms with van der Waals surface area (Å²) in [6.45, 7) is 8.19. The van der Waals surface area contributed by atoms with Crippen molar-refractivity contribution in [3.63, 3.8) is 0 Å². The molecule has 0 amide bonds. The van der Waals surface area contributed by atoms with Gasteiger partial charge in [0.25, 0.3) is 0 Å². The predicted octanol–water partition coefficient (Wildman–Crippen LogP) is 19.2. The molecule has 2 aliphatic carbocycles. The fourth-order valence-corrected chi connectivity index (χ4v) is 12.8. The standard InChI is InChI=1S/C31H33NO3.C27H25NO4.C24H19NO3/c1-31(2,3)23-17-15-22(16-18-23)28-26-13-6-7-14-27(26)32(29(28)30(33)34)20-21-9-8-12-25(19-21)35-24-10-4-5-11-24;1-31-22-6-4-5-19(15-22)16-28-24-8-3-2-7-23(24)25(26(28)27(29)30)20-11-13-21(14-12-20)32-17-18-9-10-18;1-28-19-13-11-18(12-14-19)22-20-9-5-6-10-21(20)25(23(22)24(26)27)16-15-17-7-3-2-4-8-17/h6-9,12-19,24H,4-5,10-11,20H2,1-3H3,(H,33,34);2-8,11-15,18H,9-10,16-17H2,1H3,(H,29,30);2-16H,1H3,(H,26,27)/b;;16-15+. The zero-order valence-corrected chi connectivity index (χ0v) is 54.1. The number of aromatic nitrogens is 3. The molecule has 0 saturated heterocycles. The third-order valence-corrected chi connectivity index (χ3v) is 17.7. The van der Waals surface area contributed by atoms with Crippen molar-refractivity contribution in [3.8, 4) is 56.4 Å². The number of hydrogen-bond donors (Lipinski definition) is 3. The highest BCUT2D eigenvalue weighted by molar-refractivity contribution is 6.11. The number of benzene rings is 9. The zero-order chi connectivity index (χ0) is 66.2. The average molecular weight is 1260 g/mol. The highest BCUT2D eigenvalue weighted by Crippen LogP contribution is 2.41. The Balaban J connectivity index is 0.000000137. The Morgan fingerprint density at radius 3 is 1.40 bits per heavy atom. The fourth-order valence-electron chi connectivity index (χ4n) is 12.8. The van der Waals surface area contributed by atoms with Crippen LogP contribution < -0.4 is 18.9 Å². The van der Waals surface area contributed by atoms with Crippen molar-refractivity contribution in [2.45, 2.75) is 83.9 Å². The van der Waals surface area contributed by atoms with Crippen molar-refractivity contribution in [2.24, 2.45) is 5.92 Å². The van der Waals surface area contributed by atoms with Gasteiger partial charge in [0.2, 0.25) is 0 Å². The number of ether oxygens (including phenoxy) is 4. The maximum Gasteiger partial charge on any atom is 0.353 e. The van der Waals surface area contributed by atoms with Crippen LogP contribution in [0.4, 0.5) is 0 Å². The molecule has 12 aromatic rings. The molecule has 0 bridgehead atoms. The molecule has 2 fully saturated rings. The minimum absolute atomic E-state index is 0.0355. The second-order valence-corrected chi connectivity index (χ2v) is 25.3. The molecule has 2 aliphatic rings. The molecule has 14 rings (SSSR count). The molecule has 13 heteroatoms. The van der Waals surface area contributed by atoms with Gasteiger partial charge in [-0.05, 0) is 162 Å². The van der Waals surface area contributed by atoms with E-state index in [1.807, 2.05) is 216 Å². The zero-order valence-electron chi connectivity index (χ0n) is 54.1. The van der Waals surface area contributed by atoms with E-state index in [0.717, 1.165) is 120 Å². The number of carbonyl (C=O) groups is 3. The van der Waals surface area contributed by atoms with Crippen LogP contribution in [0, 0.1) is 5.92 Å². The predicted molar refractivity (Wildman–Crippen MR) is 379 cm³/mol. The maximum atomic E-state index is 12.7. The van der Waals surface area contributed by atoms with Crippen molar-refractivity contribution in [1.82, 2.24) is 13.7 Å². The number of para-hydroxylation sites is 3. The van der Waals surface area contributed by atoms with Gasteiger partial charge in [-0.15, -0.1) is 0 Å². The van der Waals surface area contributed by atoms with E-state index in [1.165, 1.54) is 31.2 Å². The third kappa shape index (κ3) is 14.5. The number of hydrogen-bond acceptors (Lipinski definition) is 7. The van der Waals surface area contributed by atoms with E-state index in [9.17, 15) is 29.7 Å². The Bertz CT molecular complexity index is 4730. The number of nitrogens with zero attached hydrogens (tertiary/aromatic N) is 3. The molecule has 13 nitrogen and oxygen atoms in total. The first-order valence-electron chi connectivity index (χ1n) is 32.3. The molecular formula is C82H77N3O10. The van der Waals surface area contributed by atoms with Gasteiger partial charge in [0.05, 0.1) is 32.4 Å². The molecule has 0 aliphatic heterocycles. The van der Waals surface area contributed by atoms with E-state index in [-0.39, 0.29) is 22.9 Å².